The number of hydrogen-bond donors (Lipinski definition) is 5. The van der Waals surface area contributed by atoms with Gasteiger partial charge in [-0.2, -0.15) is 10.2 Å². The van der Waals surface area contributed by atoms with Crippen LogP contribution in [0.4, 0.5) is 11.8 Å². The predicted octanol–water partition coefficient (Wildman–Crippen LogP) is -2.74. The molecule has 120 valence electrons. The molecule has 0 spiro atoms. The second-order valence-electron chi connectivity index (χ2n) is 5.91. The van der Waals surface area contributed by atoms with Gasteiger partial charge in [0.15, 0.2) is 17.1 Å². The van der Waals surface area contributed by atoms with Gasteiger partial charge >= 0.3 is 0 Å². The molecule has 4 rings (SSSR count). The number of nitriles is 1. The standard InChI is InChI=1S/C12H13N7O4/c1-10(21)11(3-13,23-6-5(20)12(6,10)22)4-2-16-8-7(14)17-9(15)18-19(4)8/h2,5-6,20-22H,1H3,(H4,14,15,17,18). The minimum absolute atomic E-state index is 0.0154. The van der Waals surface area contributed by atoms with Gasteiger partial charge < -0.3 is 31.5 Å². The molecule has 0 aromatic carbocycles. The van der Waals surface area contributed by atoms with Gasteiger partial charge in [-0.25, -0.2) is 9.50 Å². The first kappa shape index (κ1) is 14.1. The van der Waals surface area contributed by atoms with E-state index in [-0.39, 0.29) is 23.1 Å². The monoisotopic (exact) mass is 319 g/mol. The summed E-state index contributed by atoms with van der Waals surface area (Å²) in [6.07, 6.45) is -1.15. The van der Waals surface area contributed by atoms with E-state index in [9.17, 15) is 20.6 Å². The van der Waals surface area contributed by atoms with E-state index >= 15 is 0 Å². The van der Waals surface area contributed by atoms with Crippen molar-refractivity contribution >= 4 is 17.4 Å². The average molecular weight is 319 g/mol. The highest BCUT2D eigenvalue weighted by molar-refractivity contribution is 5.62. The van der Waals surface area contributed by atoms with Crippen LogP contribution in [0, 0.1) is 11.3 Å². The van der Waals surface area contributed by atoms with Crippen LogP contribution in [-0.2, 0) is 10.3 Å². The van der Waals surface area contributed by atoms with Crippen molar-refractivity contribution in [3.63, 3.8) is 0 Å². The van der Waals surface area contributed by atoms with E-state index in [1.807, 2.05) is 6.07 Å². The Kier molecular flexibility index (Phi) is 2.26. The first-order chi connectivity index (χ1) is 10.7. The van der Waals surface area contributed by atoms with Crippen LogP contribution in [0.2, 0.25) is 0 Å². The minimum atomic E-state index is -2.12. The lowest BCUT2D eigenvalue weighted by Crippen LogP contribution is -2.57. The van der Waals surface area contributed by atoms with E-state index in [1.54, 1.807) is 0 Å². The van der Waals surface area contributed by atoms with E-state index in [4.69, 9.17) is 16.2 Å². The maximum absolute atomic E-state index is 10.8. The first-order valence-electron chi connectivity index (χ1n) is 6.70. The van der Waals surface area contributed by atoms with Gasteiger partial charge in [0.05, 0.1) is 6.20 Å². The van der Waals surface area contributed by atoms with Crippen LogP contribution >= 0.6 is 0 Å². The molecule has 2 aromatic rings. The molecule has 0 amide bonds. The fourth-order valence-corrected chi connectivity index (χ4v) is 3.30. The summed E-state index contributed by atoms with van der Waals surface area (Å²) in [6, 6.07) is 1.86. The largest absolute Gasteiger partial charge is 0.387 e. The molecule has 2 aromatic heterocycles. The normalized spacial score (nSPS) is 41.7. The molecule has 0 bridgehead atoms. The summed E-state index contributed by atoms with van der Waals surface area (Å²) in [5.41, 5.74) is 5.32. The third kappa shape index (κ3) is 1.27. The number of aromatic nitrogens is 4. The first-order valence-corrected chi connectivity index (χ1v) is 6.70. The van der Waals surface area contributed by atoms with Crippen molar-refractivity contribution in [2.75, 3.05) is 11.5 Å². The zero-order valence-corrected chi connectivity index (χ0v) is 11.9. The number of nitrogens with zero attached hydrogens (tertiary/aromatic N) is 5. The highest BCUT2D eigenvalue weighted by Crippen LogP contribution is 2.63. The quantitative estimate of drug-likeness (QED) is 0.368. The van der Waals surface area contributed by atoms with Gasteiger partial charge in [-0.05, 0) is 6.92 Å². The van der Waals surface area contributed by atoms with Gasteiger partial charge in [-0.15, -0.1) is 5.10 Å². The highest BCUT2D eigenvalue weighted by atomic mass is 16.6. The molecule has 11 nitrogen and oxygen atoms in total. The molecule has 1 saturated heterocycles. The van der Waals surface area contributed by atoms with E-state index in [0.717, 1.165) is 4.52 Å². The smallest absolute Gasteiger partial charge is 0.240 e. The summed E-state index contributed by atoms with van der Waals surface area (Å²) in [5, 5.41) is 44.6. The zero-order chi connectivity index (χ0) is 16.8. The number of nitrogens with two attached hydrogens (primary N) is 2. The third-order valence-corrected chi connectivity index (χ3v) is 4.75. The van der Waals surface area contributed by atoms with Crippen LogP contribution in [0.25, 0.3) is 5.65 Å². The molecule has 5 atom stereocenters. The second-order valence-corrected chi connectivity index (χ2v) is 5.91. The van der Waals surface area contributed by atoms with Gasteiger partial charge in [-0.3, -0.25) is 0 Å². The highest BCUT2D eigenvalue weighted by Gasteiger charge is 2.87. The molecule has 2 fully saturated rings. The number of nitrogen functional groups attached to an aromatic ring is 2. The molecule has 2 aliphatic rings. The summed E-state index contributed by atoms with van der Waals surface area (Å²) < 4.78 is 6.66. The number of aliphatic hydroxyl groups excluding tert-OH is 1. The Bertz CT molecular complexity index is 889. The lowest BCUT2D eigenvalue weighted by atomic mass is 9.78. The fourth-order valence-electron chi connectivity index (χ4n) is 3.30. The Morgan fingerprint density at radius 3 is 2.70 bits per heavy atom. The number of hydrogen-bond acceptors (Lipinski definition) is 10. The maximum atomic E-state index is 10.8. The van der Waals surface area contributed by atoms with E-state index in [2.05, 4.69) is 15.1 Å². The average Bonchev–Trinajstić information content (AvgIpc) is 2.81. The topological polar surface area (TPSA) is 189 Å². The number of anilines is 2. The van der Waals surface area contributed by atoms with Crippen LogP contribution in [-0.4, -0.2) is 58.3 Å². The molecule has 7 N–H and O–H groups in total. The van der Waals surface area contributed by atoms with Crippen molar-refractivity contribution in [1.29, 1.82) is 5.26 Å². The lowest BCUT2D eigenvalue weighted by molar-refractivity contribution is -0.168. The lowest BCUT2D eigenvalue weighted by Gasteiger charge is -2.37. The number of imidazole rings is 1. The number of fused-ring (bicyclic) bond motifs is 2. The Morgan fingerprint density at radius 2 is 2.13 bits per heavy atom. The van der Waals surface area contributed by atoms with Crippen molar-refractivity contribution in [3.05, 3.63) is 11.9 Å². The zero-order valence-electron chi connectivity index (χ0n) is 11.9. The van der Waals surface area contributed by atoms with Crippen LogP contribution in [0.1, 0.15) is 12.6 Å². The van der Waals surface area contributed by atoms with Crippen molar-refractivity contribution in [2.24, 2.45) is 0 Å². The summed E-state index contributed by atoms with van der Waals surface area (Å²) in [4.78, 5) is 7.78. The second kappa shape index (κ2) is 3.69. The molecule has 1 aliphatic heterocycles. The van der Waals surface area contributed by atoms with Gasteiger partial charge in [0.1, 0.15) is 29.6 Å². The Morgan fingerprint density at radius 1 is 1.43 bits per heavy atom. The molecule has 1 aliphatic carbocycles. The third-order valence-electron chi connectivity index (χ3n) is 4.75. The predicted molar refractivity (Wildman–Crippen MR) is 73.4 cm³/mol. The van der Waals surface area contributed by atoms with Crippen LogP contribution < -0.4 is 11.5 Å². The molecule has 23 heavy (non-hydrogen) atoms. The van der Waals surface area contributed by atoms with Crippen molar-refractivity contribution in [1.82, 2.24) is 19.6 Å². The summed E-state index contributed by atoms with van der Waals surface area (Å²) in [6.45, 7) is 1.21. The van der Waals surface area contributed by atoms with E-state index in [1.165, 1.54) is 13.1 Å². The number of ether oxygens (including phenoxy) is 1. The van der Waals surface area contributed by atoms with E-state index < -0.39 is 29.0 Å². The summed E-state index contributed by atoms with van der Waals surface area (Å²) >= 11 is 0. The molecular weight excluding hydrogens is 306 g/mol. The Balaban J connectivity index is 1.99. The maximum Gasteiger partial charge on any atom is 0.240 e. The Hall–Kier alpha value is -2.52. The van der Waals surface area contributed by atoms with Gasteiger partial charge in [0.2, 0.25) is 11.5 Å². The van der Waals surface area contributed by atoms with Crippen LogP contribution in [0.3, 0.4) is 0 Å². The van der Waals surface area contributed by atoms with E-state index in [0.29, 0.717) is 0 Å². The Labute approximate surface area is 128 Å². The molecule has 5 unspecified atom stereocenters. The van der Waals surface area contributed by atoms with Crippen molar-refractivity contribution in [3.8, 4) is 6.07 Å². The van der Waals surface area contributed by atoms with Crippen molar-refractivity contribution < 1.29 is 20.1 Å². The minimum Gasteiger partial charge on any atom is -0.387 e. The van der Waals surface area contributed by atoms with Gasteiger partial charge in [-0.1, -0.05) is 0 Å². The molecule has 0 radical (unpaired) electrons. The van der Waals surface area contributed by atoms with Crippen LogP contribution in [0.15, 0.2) is 6.20 Å². The summed E-state index contributed by atoms with van der Waals surface area (Å²) in [7, 11) is 0. The number of aliphatic hydroxyl groups is 3. The molecule has 1 saturated carbocycles. The van der Waals surface area contributed by atoms with Gasteiger partial charge in [0.25, 0.3) is 0 Å². The van der Waals surface area contributed by atoms with Crippen LogP contribution in [0.5, 0.6) is 0 Å². The molecule has 11 heteroatoms. The number of rotatable bonds is 1. The molecular formula is C12H13N7O4. The fraction of sp³-hybridized carbons (Fsp3) is 0.500. The SMILES string of the molecule is CC1(O)C(C#N)(c2cnc3c(N)nc(N)nn23)OC2C(O)C21O. The van der Waals surface area contributed by atoms with Gasteiger partial charge in [0, 0.05) is 0 Å². The van der Waals surface area contributed by atoms with Crippen molar-refractivity contribution in [2.45, 2.75) is 35.9 Å². The molecule has 3 heterocycles. The summed E-state index contributed by atoms with van der Waals surface area (Å²) in [5.74, 6) is -0.178.